The van der Waals surface area contributed by atoms with Crippen molar-refractivity contribution in [2.75, 3.05) is 20.1 Å². The number of carbonyl (C=O) groups excluding carboxylic acids is 1. The van der Waals surface area contributed by atoms with E-state index in [1.165, 1.54) is 0 Å². The third-order valence-electron chi connectivity index (χ3n) is 4.04. The van der Waals surface area contributed by atoms with Crippen LogP contribution in [0.3, 0.4) is 0 Å². The summed E-state index contributed by atoms with van der Waals surface area (Å²) in [4.78, 5) is 26.6. The monoisotopic (exact) mass is 310 g/mol. The van der Waals surface area contributed by atoms with Crippen LogP contribution in [0.25, 0.3) is 0 Å². The summed E-state index contributed by atoms with van der Waals surface area (Å²) in [5.74, 6) is -1.29. The van der Waals surface area contributed by atoms with Gasteiger partial charge in [0, 0.05) is 25.2 Å². The summed E-state index contributed by atoms with van der Waals surface area (Å²) in [6.45, 7) is 2.71. The number of likely N-dealkylation sites (tertiary alicyclic amines) is 1. The van der Waals surface area contributed by atoms with Crippen molar-refractivity contribution < 1.29 is 14.7 Å². The highest BCUT2D eigenvalue weighted by molar-refractivity contribution is 6.30. The van der Waals surface area contributed by atoms with Gasteiger partial charge in [0.2, 0.25) is 0 Å². The number of hydrogen-bond donors (Lipinski definition) is 1. The molecule has 21 heavy (non-hydrogen) atoms. The average Bonchev–Trinajstić information content (AvgIpc) is 2.96. The maximum atomic E-state index is 12.4. The third-order valence-corrected chi connectivity index (χ3v) is 4.30. The van der Waals surface area contributed by atoms with E-state index in [4.69, 9.17) is 16.7 Å². The van der Waals surface area contributed by atoms with Gasteiger partial charge in [-0.05, 0) is 31.0 Å². The lowest BCUT2D eigenvalue weighted by molar-refractivity contribution is -0.141. The lowest BCUT2D eigenvalue weighted by Gasteiger charge is -2.30. The topological polar surface area (TPSA) is 60.9 Å². The van der Waals surface area contributed by atoms with Gasteiger partial charge in [0.1, 0.15) is 0 Å². The number of benzene rings is 1. The van der Waals surface area contributed by atoms with Crippen LogP contribution in [0, 0.1) is 5.92 Å². The second-order valence-electron chi connectivity index (χ2n) is 5.39. The van der Waals surface area contributed by atoms with Crippen LogP contribution in [0.1, 0.15) is 24.9 Å². The minimum absolute atomic E-state index is 0.0985. The molecule has 2 amide bonds. The molecule has 1 N–H and O–H groups in total. The normalized spacial score (nSPS) is 19.4. The summed E-state index contributed by atoms with van der Waals surface area (Å²) in [7, 11) is 1.73. The molecule has 2 unspecified atom stereocenters. The maximum Gasteiger partial charge on any atom is 0.320 e. The van der Waals surface area contributed by atoms with Crippen LogP contribution in [0.2, 0.25) is 5.02 Å². The van der Waals surface area contributed by atoms with Crippen molar-refractivity contribution in [2.24, 2.45) is 5.92 Å². The van der Waals surface area contributed by atoms with Crippen molar-refractivity contribution >= 4 is 23.6 Å². The Morgan fingerprint density at radius 2 is 2.00 bits per heavy atom. The molecule has 1 aromatic carbocycles. The van der Waals surface area contributed by atoms with Crippen LogP contribution in [-0.4, -0.2) is 47.0 Å². The van der Waals surface area contributed by atoms with E-state index in [0.29, 0.717) is 18.0 Å². The van der Waals surface area contributed by atoms with Crippen molar-refractivity contribution in [3.05, 3.63) is 34.9 Å². The number of rotatable bonds is 3. The van der Waals surface area contributed by atoms with Crippen molar-refractivity contribution in [2.45, 2.75) is 19.4 Å². The van der Waals surface area contributed by atoms with Gasteiger partial charge in [0.05, 0.1) is 12.0 Å². The molecule has 0 bridgehead atoms. The molecule has 1 aromatic rings. The van der Waals surface area contributed by atoms with Gasteiger partial charge in [-0.15, -0.1) is 0 Å². The highest BCUT2D eigenvalue weighted by Gasteiger charge is 2.33. The number of urea groups is 1. The fourth-order valence-corrected chi connectivity index (χ4v) is 2.62. The van der Waals surface area contributed by atoms with Gasteiger partial charge in [0.25, 0.3) is 0 Å². The fourth-order valence-electron chi connectivity index (χ4n) is 2.49. The number of carboxylic acid groups (broad SMARTS) is 1. The van der Waals surface area contributed by atoms with E-state index < -0.39 is 11.9 Å². The van der Waals surface area contributed by atoms with Gasteiger partial charge in [0.15, 0.2) is 0 Å². The van der Waals surface area contributed by atoms with Gasteiger partial charge in [-0.2, -0.15) is 0 Å². The van der Waals surface area contributed by atoms with Crippen molar-refractivity contribution in [3.63, 3.8) is 0 Å². The summed E-state index contributed by atoms with van der Waals surface area (Å²) >= 11 is 5.86. The zero-order valence-electron chi connectivity index (χ0n) is 12.1. The minimum Gasteiger partial charge on any atom is -0.481 e. The largest absolute Gasteiger partial charge is 0.481 e. The first-order valence-corrected chi connectivity index (χ1v) is 7.28. The third kappa shape index (κ3) is 3.47. The van der Waals surface area contributed by atoms with Crippen LogP contribution in [0.15, 0.2) is 24.3 Å². The lowest BCUT2D eigenvalue weighted by Crippen LogP contribution is -2.41. The van der Waals surface area contributed by atoms with Gasteiger partial charge in [-0.25, -0.2) is 4.79 Å². The molecule has 2 atom stereocenters. The molecule has 0 radical (unpaired) electrons. The number of hydrogen-bond acceptors (Lipinski definition) is 2. The molecule has 6 heteroatoms. The van der Waals surface area contributed by atoms with Gasteiger partial charge >= 0.3 is 12.0 Å². The summed E-state index contributed by atoms with van der Waals surface area (Å²) in [6, 6.07) is 7.13. The van der Waals surface area contributed by atoms with E-state index in [0.717, 1.165) is 5.56 Å². The first-order chi connectivity index (χ1) is 9.90. The number of nitrogens with zero attached hydrogens (tertiary/aromatic N) is 2. The number of carbonyl (C=O) groups is 2. The highest BCUT2D eigenvalue weighted by atomic mass is 35.5. The molecule has 0 spiro atoms. The molecule has 0 aliphatic carbocycles. The van der Waals surface area contributed by atoms with E-state index in [1.54, 1.807) is 29.0 Å². The number of amides is 2. The first kappa shape index (κ1) is 15.6. The van der Waals surface area contributed by atoms with E-state index >= 15 is 0 Å². The molecule has 0 saturated carbocycles. The summed E-state index contributed by atoms with van der Waals surface area (Å²) < 4.78 is 0. The lowest BCUT2D eigenvalue weighted by atomic mass is 10.1. The van der Waals surface area contributed by atoms with E-state index in [9.17, 15) is 9.59 Å². The second-order valence-corrected chi connectivity index (χ2v) is 5.83. The molecule has 5 nitrogen and oxygen atoms in total. The Hall–Kier alpha value is -1.75. The number of halogens is 1. The Balaban J connectivity index is 2.02. The molecular formula is C15H19ClN2O3. The number of carboxylic acids is 1. The van der Waals surface area contributed by atoms with Crippen LogP contribution >= 0.6 is 11.6 Å². The molecule has 1 aliphatic rings. The predicted octanol–water partition coefficient (Wildman–Crippen LogP) is 2.86. The van der Waals surface area contributed by atoms with Crippen molar-refractivity contribution in [1.29, 1.82) is 0 Å². The smallest absolute Gasteiger partial charge is 0.320 e. The first-order valence-electron chi connectivity index (χ1n) is 6.90. The minimum atomic E-state index is -0.835. The van der Waals surface area contributed by atoms with Crippen molar-refractivity contribution in [3.8, 4) is 0 Å². The Morgan fingerprint density at radius 3 is 2.52 bits per heavy atom. The number of aliphatic carboxylic acids is 1. The predicted molar refractivity (Wildman–Crippen MR) is 80.3 cm³/mol. The molecule has 1 fully saturated rings. The zero-order chi connectivity index (χ0) is 15.6. The van der Waals surface area contributed by atoms with Gasteiger partial charge in [-0.1, -0.05) is 23.7 Å². The fraction of sp³-hybridized carbons (Fsp3) is 0.467. The van der Waals surface area contributed by atoms with Crippen molar-refractivity contribution in [1.82, 2.24) is 9.80 Å². The van der Waals surface area contributed by atoms with Gasteiger partial charge < -0.3 is 14.9 Å². The Labute approximate surface area is 129 Å². The standard InChI is InChI=1S/C15H19ClN2O3/c1-10(11-3-5-13(16)6-4-11)17(2)15(21)18-8-7-12(9-18)14(19)20/h3-6,10,12H,7-9H2,1-2H3,(H,19,20). The highest BCUT2D eigenvalue weighted by Crippen LogP contribution is 2.24. The maximum absolute atomic E-state index is 12.4. The molecule has 1 heterocycles. The van der Waals surface area contributed by atoms with Crippen LogP contribution < -0.4 is 0 Å². The Morgan fingerprint density at radius 1 is 1.38 bits per heavy atom. The summed E-state index contributed by atoms with van der Waals surface area (Å²) in [6.07, 6.45) is 0.518. The molecule has 114 valence electrons. The average molecular weight is 311 g/mol. The van der Waals surface area contributed by atoms with Gasteiger partial charge in [-0.3, -0.25) is 4.79 Å². The zero-order valence-corrected chi connectivity index (χ0v) is 12.9. The summed E-state index contributed by atoms with van der Waals surface area (Å²) in [5, 5.41) is 9.66. The van der Waals surface area contributed by atoms with Crippen LogP contribution in [0.4, 0.5) is 4.79 Å². The van der Waals surface area contributed by atoms with Crippen LogP contribution in [0.5, 0.6) is 0 Å². The molecule has 2 rings (SSSR count). The molecule has 1 aliphatic heterocycles. The quantitative estimate of drug-likeness (QED) is 0.934. The molecule has 0 aromatic heterocycles. The van der Waals surface area contributed by atoms with E-state index in [1.807, 2.05) is 19.1 Å². The van der Waals surface area contributed by atoms with Crippen LogP contribution in [-0.2, 0) is 4.79 Å². The van der Waals surface area contributed by atoms with E-state index in [-0.39, 0.29) is 18.6 Å². The molecule has 1 saturated heterocycles. The Bertz CT molecular complexity index is 532. The summed E-state index contributed by atoms with van der Waals surface area (Å²) in [5.41, 5.74) is 0.990. The Kier molecular flexibility index (Phi) is 4.73. The molecular weight excluding hydrogens is 292 g/mol. The second kappa shape index (κ2) is 6.35. The van der Waals surface area contributed by atoms with E-state index in [2.05, 4.69) is 0 Å². The SMILES string of the molecule is CC(c1ccc(Cl)cc1)N(C)C(=O)N1CCC(C(=O)O)C1.